The number of carbonyl (C=O) groups is 1. The van der Waals surface area contributed by atoms with E-state index in [1.165, 1.54) is 38.5 Å². The summed E-state index contributed by atoms with van der Waals surface area (Å²) >= 11 is 3.64. The van der Waals surface area contributed by atoms with Crippen molar-refractivity contribution in [1.29, 1.82) is 0 Å². The van der Waals surface area contributed by atoms with Gasteiger partial charge < -0.3 is 0 Å². The van der Waals surface area contributed by atoms with Gasteiger partial charge in [0.1, 0.15) is 0 Å². The van der Waals surface area contributed by atoms with Crippen molar-refractivity contribution >= 4 is 21.7 Å². The van der Waals surface area contributed by atoms with E-state index in [0.717, 1.165) is 16.3 Å². The fourth-order valence-corrected chi connectivity index (χ4v) is 4.67. The van der Waals surface area contributed by atoms with E-state index in [2.05, 4.69) is 22.0 Å². The molecule has 1 spiro atoms. The van der Waals surface area contributed by atoms with Crippen LogP contribution in [0.4, 0.5) is 0 Å². The zero-order valence-corrected chi connectivity index (χ0v) is 11.0. The fourth-order valence-electron chi connectivity index (χ4n) is 3.72. The highest BCUT2D eigenvalue weighted by molar-refractivity contribution is 9.11. The van der Waals surface area contributed by atoms with Gasteiger partial charge in [-0.1, -0.05) is 47.7 Å². The highest BCUT2D eigenvalue weighted by Crippen LogP contribution is 2.70. The SMILES string of the molecule is O=C1C=CC2(C(Br)=C1)C1CCCCCCC12. The molecule has 0 N–H and O–H groups in total. The summed E-state index contributed by atoms with van der Waals surface area (Å²) in [6, 6.07) is 0. The summed E-state index contributed by atoms with van der Waals surface area (Å²) in [4.78, 5) is 11.3. The lowest BCUT2D eigenvalue weighted by Crippen LogP contribution is -2.09. The van der Waals surface area contributed by atoms with Gasteiger partial charge >= 0.3 is 0 Å². The number of allylic oxidation sites excluding steroid dienone is 4. The van der Waals surface area contributed by atoms with E-state index in [9.17, 15) is 4.79 Å². The summed E-state index contributed by atoms with van der Waals surface area (Å²) in [6.07, 6.45) is 13.9. The molecule has 0 bridgehead atoms. The summed E-state index contributed by atoms with van der Waals surface area (Å²) in [5.74, 6) is 1.72. The van der Waals surface area contributed by atoms with Crippen LogP contribution in [0.3, 0.4) is 0 Å². The van der Waals surface area contributed by atoms with E-state index in [-0.39, 0.29) is 11.2 Å². The van der Waals surface area contributed by atoms with Crippen LogP contribution < -0.4 is 0 Å². The maximum Gasteiger partial charge on any atom is 0.179 e. The van der Waals surface area contributed by atoms with Crippen molar-refractivity contribution in [3.05, 3.63) is 22.7 Å². The first-order valence-electron chi connectivity index (χ1n) is 6.36. The molecule has 16 heavy (non-hydrogen) atoms. The third kappa shape index (κ3) is 1.46. The molecule has 2 unspecified atom stereocenters. The quantitative estimate of drug-likeness (QED) is 0.656. The summed E-state index contributed by atoms with van der Waals surface area (Å²) in [5.41, 5.74) is 0.220. The molecule has 0 aliphatic heterocycles. The molecule has 2 heteroatoms. The molecule has 2 saturated carbocycles. The van der Waals surface area contributed by atoms with Crippen molar-refractivity contribution < 1.29 is 4.79 Å². The van der Waals surface area contributed by atoms with Gasteiger partial charge in [0.25, 0.3) is 0 Å². The Morgan fingerprint density at radius 2 is 1.75 bits per heavy atom. The van der Waals surface area contributed by atoms with E-state index >= 15 is 0 Å². The highest BCUT2D eigenvalue weighted by Gasteiger charge is 2.63. The van der Waals surface area contributed by atoms with Gasteiger partial charge in [-0.25, -0.2) is 0 Å². The third-order valence-corrected chi connectivity index (χ3v) is 5.51. The molecule has 0 amide bonds. The van der Waals surface area contributed by atoms with E-state index in [1.807, 2.05) is 0 Å². The minimum Gasteiger partial charge on any atom is -0.290 e. The van der Waals surface area contributed by atoms with Crippen LogP contribution in [0.5, 0.6) is 0 Å². The second-order valence-corrected chi connectivity index (χ2v) is 6.22. The molecule has 3 aliphatic carbocycles. The monoisotopic (exact) mass is 280 g/mol. The number of halogens is 1. The van der Waals surface area contributed by atoms with Crippen molar-refractivity contribution in [1.82, 2.24) is 0 Å². The Balaban J connectivity index is 1.87. The van der Waals surface area contributed by atoms with Crippen molar-refractivity contribution in [3.63, 3.8) is 0 Å². The summed E-state index contributed by atoms with van der Waals surface area (Å²) in [5, 5.41) is 0. The van der Waals surface area contributed by atoms with Crippen molar-refractivity contribution in [2.24, 2.45) is 17.3 Å². The Labute approximate surface area is 105 Å². The van der Waals surface area contributed by atoms with E-state index in [0.29, 0.717) is 0 Å². The van der Waals surface area contributed by atoms with Crippen molar-refractivity contribution in [3.8, 4) is 0 Å². The van der Waals surface area contributed by atoms with Gasteiger partial charge in [0, 0.05) is 9.90 Å². The molecule has 0 aromatic rings. The van der Waals surface area contributed by atoms with Crippen LogP contribution in [0.1, 0.15) is 38.5 Å². The van der Waals surface area contributed by atoms with Crippen LogP contribution in [-0.2, 0) is 4.79 Å². The number of rotatable bonds is 0. The molecular formula is C14H17BrO. The largest absolute Gasteiger partial charge is 0.290 e. The average molecular weight is 281 g/mol. The smallest absolute Gasteiger partial charge is 0.179 e. The molecule has 3 rings (SSSR count). The van der Waals surface area contributed by atoms with Crippen LogP contribution in [-0.4, -0.2) is 5.78 Å². The Hall–Kier alpha value is -0.370. The van der Waals surface area contributed by atoms with Gasteiger partial charge in [0.05, 0.1) is 0 Å². The number of hydrogen-bond donors (Lipinski definition) is 0. The van der Waals surface area contributed by atoms with Gasteiger partial charge in [0.2, 0.25) is 0 Å². The molecule has 3 aliphatic rings. The minimum atomic E-state index is 0.136. The first-order valence-corrected chi connectivity index (χ1v) is 7.15. The third-order valence-electron chi connectivity index (χ3n) is 4.59. The Morgan fingerprint density at radius 3 is 2.31 bits per heavy atom. The van der Waals surface area contributed by atoms with Gasteiger partial charge in [-0.15, -0.1) is 0 Å². The van der Waals surface area contributed by atoms with Gasteiger partial charge in [-0.3, -0.25) is 4.79 Å². The molecular weight excluding hydrogens is 264 g/mol. The summed E-state index contributed by atoms with van der Waals surface area (Å²) < 4.78 is 1.14. The van der Waals surface area contributed by atoms with Gasteiger partial charge in [-0.05, 0) is 36.8 Å². The predicted molar refractivity (Wildman–Crippen MR) is 68.3 cm³/mol. The lowest BCUT2D eigenvalue weighted by molar-refractivity contribution is -0.110. The van der Waals surface area contributed by atoms with Crippen molar-refractivity contribution in [2.75, 3.05) is 0 Å². The van der Waals surface area contributed by atoms with E-state index < -0.39 is 0 Å². The number of ketones is 1. The van der Waals surface area contributed by atoms with Crippen molar-refractivity contribution in [2.45, 2.75) is 38.5 Å². The van der Waals surface area contributed by atoms with E-state index in [1.54, 1.807) is 12.2 Å². The molecule has 0 aromatic carbocycles. The molecule has 0 radical (unpaired) electrons. The van der Waals surface area contributed by atoms with Gasteiger partial charge in [-0.2, -0.15) is 0 Å². The number of hydrogen-bond acceptors (Lipinski definition) is 1. The second kappa shape index (κ2) is 3.83. The minimum absolute atomic E-state index is 0.136. The van der Waals surface area contributed by atoms with Crippen LogP contribution in [0.2, 0.25) is 0 Å². The topological polar surface area (TPSA) is 17.1 Å². The second-order valence-electron chi connectivity index (χ2n) is 5.37. The number of fused-ring (bicyclic) bond motifs is 3. The summed E-state index contributed by atoms with van der Waals surface area (Å²) in [7, 11) is 0. The molecule has 0 heterocycles. The fraction of sp³-hybridized carbons (Fsp3) is 0.643. The molecule has 2 fully saturated rings. The first kappa shape index (κ1) is 10.8. The van der Waals surface area contributed by atoms with Crippen LogP contribution >= 0.6 is 15.9 Å². The first-order chi connectivity index (χ1) is 7.75. The molecule has 0 aromatic heterocycles. The van der Waals surface area contributed by atoms with E-state index in [4.69, 9.17) is 0 Å². The Morgan fingerprint density at radius 1 is 1.12 bits per heavy atom. The van der Waals surface area contributed by atoms with Gasteiger partial charge in [0.15, 0.2) is 5.78 Å². The average Bonchev–Trinajstić information content (AvgIpc) is 2.79. The standard InChI is InChI=1S/C14H17BrO/c15-13-9-10(16)7-8-14(13)11-5-3-1-2-4-6-12(11)14/h7-9,11-12H,1-6H2. The lowest BCUT2D eigenvalue weighted by atomic mass is 9.94. The van der Waals surface area contributed by atoms with Crippen LogP contribution in [0.25, 0.3) is 0 Å². The Bertz CT molecular complexity index is 366. The molecule has 0 saturated heterocycles. The zero-order chi connectivity index (χ0) is 11.2. The van der Waals surface area contributed by atoms with Crippen LogP contribution in [0, 0.1) is 17.3 Å². The Kier molecular flexibility index (Phi) is 2.58. The summed E-state index contributed by atoms with van der Waals surface area (Å²) in [6.45, 7) is 0. The number of carbonyl (C=O) groups excluding carboxylic acids is 1. The molecule has 1 nitrogen and oxygen atoms in total. The normalized spacial score (nSPS) is 42.3. The predicted octanol–water partition coefficient (Wildman–Crippen LogP) is 3.99. The lowest BCUT2D eigenvalue weighted by Gasteiger charge is -2.16. The highest BCUT2D eigenvalue weighted by atomic mass is 79.9. The maximum atomic E-state index is 11.3. The maximum absolute atomic E-state index is 11.3. The molecule has 86 valence electrons. The zero-order valence-electron chi connectivity index (χ0n) is 9.42. The molecule has 2 atom stereocenters. The van der Waals surface area contributed by atoms with Crippen LogP contribution in [0.15, 0.2) is 22.7 Å².